The number of nitrogens with zero attached hydrogens (tertiary/aromatic N) is 1. The summed E-state index contributed by atoms with van der Waals surface area (Å²) in [5.74, 6) is 0.734. The molecule has 0 aliphatic heterocycles. The zero-order valence-electron chi connectivity index (χ0n) is 10.8. The first-order valence-corrected chi connectivity index (χ1v) is 6.69. The number of rotatable bonds is 5. The van der Waals surface area contributed by atoms with Gasteiger partial charge in [-0.25, -0.2) is 0 Å². The first kappa shape index (κ1) is 13.5. The Morgan fingerprint density at radius 3 is 2.31 bits per heavy atom. The molecule has 0 spiro atoms. The maximum atomic E-state index is 6.15. The van der Waals surface area contributed by atoms with Gasteiger partial charge in [-0.05, 0) is 26.2 Å². The molecule has 1 fully saturated rings. The predicted molar refractivity (Wildman–Crippen MR) is 68.8 cm³/mol. The second kappa shape index (κ2) is 6.89. The highest BCUT2D eigenvalue weighted by Gasteiger charge is 2.35. The third-order valence-electron chi connectivity index (χ3n) is 3.30. The fourth-order valence-corrected chi connectivity index (χ4v) is 2.43. The number of hydrogen-bond acceptors (Lipinski definition) is 2. The van der Waals surface area contributed by atoms with Crippen molar-refractivity contribution in [2.75, 3.05) is 13.2 Å². The van der Waals surface area contributed by atoms with Crippen molar-refractivity contribution >= 4 is 5.84 Å². The molecule has 0 atom stereocenters. The lowest BCUT2D eigenvalue weighted by Crippen LogP contribution is -2.46. The van der Waals surface area contributed by atoms with Crippen molar-refractivity contribution in [2.24, 2.45) is 10.7 Å². The van der Waals surface area contributed by atoms with Crippen molar-refractivity contribution in [1.82, 2.24) is 0 Å². The van der Waals surface area contributed by atoms with E-state index >= 15 is 0 Å². The summed E-state index contributed by atoms with van der Waals surface area (Å²) in [5.41, 5.74) is 5.90. The zero-order valence-corrected chi connectivity index (χ0v) is 10.8. The van der Waals surface area contributed by atoms with Crippen LogP contribution in [0.15, 0.2) is 4.99 Å². The van der Waals surface area contributed by atoms with Crippen LogP contribution in [0.3, 0.4) is 0 Å². The Kier molecular flexibility index (Phi) is 5.81. The van der Waals surface area contributed by atoms with Crippen LogP contribution < -0.4 is 5.73 Å². The Hall–Kier alpha value is -0.570. The molecule has 1 saturated carbocycles. The third kappa shape index (κ3) is 3.48. The molecule has 3 nitrogen and oxygen atoms in total. The molecular weight excluding hydrogens is 200 g/mol. The molecule has 3 heteroatoms. The number of amidine groups is 1. The lowest BCUT2D eigenvalue weighted by Gasteiger charge is -2.32. The molecule has 16 heavy (non-hydrogen) atoms. The highest BCUT2D eigenvalue weighted by Crippen LogP contribution is 2.30. The van der Waals surface area contributed by atoms with E-state index in [1.165, 1.54) is 25.7 Å². The summed E-state index contributed by atoms with van der Waals surface area (Å²) in [6, 6.07) is 0. The van der Waals surface area contributed by atoms with Crippen molar-refractivity contribution in [2.45, 2.75) is 64.4 Å². The second-order valence-electron chi connectivity index (χ2n) is 4.61. The van der Waals surface area contributed by atoms with E-state index in [0.717, 1.165) is 38.2 Å². The lowest BCUT2D eigenvalue weighted by atomic mass is 9.92. The van der Waals surface area contributed by atoms with E-state index < -0.39 is 0 Å². The van der Waals surface area contributed by atoms with Crippen LogP contribution in [0.5, 0.6) is 0 Å². The van der Waals surface area contributed by atoms with E-state index in [9.17, 15) is 0 Å². The molecule has 94 valence electrons. The molecule has 0 unspecified atom stereocenters. The first-order chi connectivity index (χ1) is 7.75. The van der Waals surface area contributed by atoms with Crippen molar-refractivity contribution in [3.05, 3.63) is 0 Å². The van der Waals surface area contributed by atoms with Gasteiger partial charge < -0.3 is 10.5 Å². The maximum Gasteiger partial charge on any atom is 0.126 e. The minimum absolute atomic E-state index is 0.250. The van der Waals surface area contributed by atoms with Crippen LogP contribution in [-0.4, -0.2) is 24.6 Å². The van der Waals surface area contributed by atoms with Gasteiger partial charge in [0.15, 0.2) is 0 Å². The van der Waals surface area contributed by atoms with Crippen molar-refractivity contribution < 1.29 is 4.74 Å². The molecule has 0 saturated heterocycles. The van der Waals surface area contributed by atoms with Crippen LogP contribution in [0.25, 0.3) is 0 Å². The Bertz CT molecular complexity index is 218. The molecule has 0 amide bonds. The van der Waals surface area contributed by atoms with Gasteiger partial charge in [0, 0.05) is 13.2 Å². The fraction of sp³-hybridized carbons (Fsp3) is 0.923. The average Bonchev–Trinajstić information content (AvgIpc) is 2.53. The minimum atomic E-state index is -0.250. The van der Waals surface area contributed by atoms with Gasteiger partial charge in [-0.3, -0.25) is 4.99 Å². The van der Waals surface area contributed by atoms with Crippen molar-refractivity contribution in [1.29, 1.82) is 0 Å². The third-order valence-corrected chi connectivity index (χ3v) is 3.30. The maximum absolute atomic E-state index is 6.15. The molecule has 1 aliphatic carbocycles. The molecule has 1 rings (SSSR count). The summed E-state index contributed by atoms with van der Waals surface area (Å²) in [5, 5.41) is 0. The molecule has 0 aromatic heterocycles. The lowest BCUT2D eigenvalue weighted by molar-refractivity contribution is 0.00320. The number of ether oxygens (including phenoxy) is 1. The summed E-state index contributed by atoms with van der Waals surface area (Å²) in [6.45, 7) is 5.71. The summed E-state index contributed by atoms with van der Waals surface area (Å²) in [6.07, 6.45) is 8.15. The quantitative estimate of drug-likeness (QED) is 0.445. The summed E-state index contributed by atoms with van der Waals surface area (Å²) in [7, 11) is 0. The minimum Gasteiger partial charge on any atom is -0.385 e. The summed E-state index contributed by atoms with van der Waals surface area (Å²) >= 11 is 0. The van der Waals surface area contributed by atoms with Crippen LogP contribution in [0.1, 0.15) is 58.8 Å². The highest BCUT2D eigenvalue weighted by molar-refractivity contribution is 5.89. The van der Waals surface area contributed by atoms with E-state index in [1.807, 2.05) is 6.92 Å². The van der Waals surface area contributed by atoms with Crippen LogP contribution in [0.4, 0.5) is 0 Å². The van der Waals surface area contributed by atoms with Crippen LogP contribution in [-0.2, 0) is 4.74 Å². The molecule has 0 heterocycles. The Balaban J connectivity index is 2.75. The smallest absolute Gasteiger partial charge is 0.126 e. The molecule has 0 radical (unpaired) electrons. The van der Waals surface area contributed by atoms with E-state index in [4.69, 9.17) is 10.5 Å². The fourth-order valence-electron chi connectivity index (χ4n) is 2.43. The van der Waals surface area contributed by atoms with Gasteiger partial charge in [0.05, 0.1) is 0 Å². The van der Waals surface area contributed by atoms with E-state index in [2.05, 4.69) is 11.9 Å². The number of nitrogens with two attached hydrogens (primary N) is 1. The van der Waals surface area contributed by atoms with E-state index in [-0.39, 0.29) is 5.60 Å². The summed E-state index contributed by atoms with van der Waals surface area (Å²) in [4.78, 5) is 4.47. The van der Waals surface area contributed by atoms with Gasteiger partial charge in [0.25, 0.3) is 0 Å². The van der Waals surface area contributed by atoms with Gasteiger partial charge in [-0.2, -0.15) is 0 Å². The largest absolute Gasteiger partial charge is 0.385 e. The predicted octanol–water partition coefficient (Wildman–Crippen LogP) is 2.88. The van der Waals surface area contributed by atoms with Gasteiger partial charge in [0.1, 0.15) is 11.4 Å². The number of aliphatic imine (C=N–C) groups is 1. The highest BCUT2D eigenvalue weighted by atomic mass is 16.5. The van der Waals surface area contributed by atoms with Crippen molar-refractivity contribution in [3.8, 4) is 0 Å². The molecular formula is C13H26N2O. The Morgan fingerprint density at radius 2 is 1.81 bits per heavy atom. The van der Waals surface area contributed by atoms with Crippen LogP contribution >= 0.6 is 0 Å². The monoisotopic (exact) mass is 226 g/mol. The Labute approximate surface area is 99.5 Å². The average molecular weight is 226 g/mol. The van der Waals surface area contributed by atoms with Gasteiger partial charge >= 0.3 is 0 Å². The first-order valence-electron chi connectivity index (χ1n) is 6.69. The molecule has 0 aromatic rings. The molecule has 0 bridgehead atoms. The number of hydrogen-bond donors (Lipinski definition) is 1. The van der Waals surface area contributed by atoms with Gasteiger partial charge in [-0.15, -0.1) is 0 Å². The zero-order chi connectivity index (χ0) is 11.9. The van der Waals surface area contributed by atoms with E-state index in [1.54, 1.807) is 0 Å². The van der Waals surface area contributed by atoms with Crippen molar-refractivity contribution in [3.63, 3.8) is 0 Å². The molecule has 0 aromatic carbocycles. The molecule has 1 aliphatic rings. The van der Waals surface area contributed by atoms with E-state index in [0.29, 0.717) is 0 Å². The summed E-state index contributed by atoms with van der Waals surface area (Å²) < 4.78 is 5.95. The SMILES string of the molecule is CCCN=C(N)C1(OCC)CCCCCC1. The standard InChI is InChI=1S/C13H26N2O/c1-3-11-15-12(14)13(16-4-2)9-7-5-6-8-10-13/h3-11H2,1-2H3,(H2,14,15). The molecule has 2 N–H and O–H groups in total. The van der Waals surface area contributed by atoms with Crippen LogP contribution in [0, 0.1) is 0 Å². The van der Waals surface area contributed by atoms with Crippen LogP contribution in [0.2, 0.25) is 0 Å². The normalized spacial score (nSPS) is 21.8. The second-order valence-corrected chi connectivity index (χ2v) is 4.61. The Morgan fingerprint density at radius 1 is 1.19 bits per heavy atom. The topological polar surface area (TPSA) is 47.6 Å². The van der Waals surface area contributed by atoms with Gasteiger partial charge in [0.2, 0.25) is 0 Å². The van der Waals surface area contributed by atoms with Gasteiger partial charge in [-0.1, -0.05) is 32.6 Å².